The lowest BCUT2D eigenvalue weighted by Gasteiger charge is -2.16. The summed E-state index contributed by atoms with van der Waals surface area (Å²) in [4.78, 5) is 23.2. The molecule has 3 rings (SSSR count). The van der Waals surface area contributed by atoms with Gasteiger partial charge in [0, 0.05) is 6.07 Å². The Bertz CT molecular complexity index is 737. The van der Waals surface area contributed by atoms with Crippen LogP contribution >= 0.6 is 0 Å². The van der Waals surface area contributed by atoms with Crippen molar-refractivity contribution in [2.24, 2.45) is 0 Å². The molecule has 2 aromatic carbocycles. The molecule has 22 heavy (non-hydrogen) atoms. The molecule has 112 valence electrons. The largest absolute Gasteiger partial charge is 0.325 e. The molecule has 1 N–H and O–H groups in total. The standard InChI is InChI=1S/C17H16N2O3/c1-12-14(8-5-9-15(12)19(21)22)18-16(20)17(10-11-17)13-6-3-2-4-7-13/h2-9H,10-11H2,1H3,(H,18,20). The molecule has 2 aromatic rings. The predicted octanol–water partition coefficient (Wildman–Crippen LogP) is 3.57. The summed E-state index contributed by atoms with van der Waals surface area (Å²) in [7, 11) is 0. The van der Waals surface area contributed by atoms with Crippen LogP contribution in [0.3, 0.4) is 0 Å². The number of carbonyl (C=O) groups excluding carboxylic acids is 1. The summed E-state index contributed by atoms with van der Waals surface area (Å²) < 4.78 is 0. The molecule has 5 nitrogen and oxygen atoms in total. The molecule has 0 unspecified atom stereocenters. The van der Waals surface area contributed by atoms with Crippen LogP contribution in [0.5, 0.6) is 0 Å². The molecule has 1 fully saturated rings. The summed E-state index contributed by atoms with van der Waals surface area (Å²) in [6.07, 6.45) is 1.60. The normalized spacial score (nSPS) is 15.1. The van der Waals surface area contributed by atoms with Crippen molar-refractivity contribution in [3.8, 4) is 0 Å². The number of hydrogen-bond acceptors (Lipinski definition) is 3. The Hall–Kier alpha value is -2.69. The molecule has 1 saturated carbocycles. The molecule has 0 heterocycles. The fourth-order valence-corrected chi connectivity index (χ4v) is 2.73. The zero-order valence-electron chi connectivity index (χ0n) is 12.2. The quantitative estimate of drug-likeness (QED) is 0.692. The van der Waals surface area contributed by atoms with Crippen molar-refractivity contribution < 1.29 is 9.72 Å². The minimum absolute atomic E-state index is 0.0161. The van der Waals surface area contributed by atoms with E-state index in [2.05, 4.69) is 5.32 Å². The van der Waals surface area contributed by atoms with Crippen LogP contribution in [-0.4, -0.2) is 10.8 Å². The van der Waals surface area contributed by atoms with E-state index in [1.807, 2.05) is 30.3 Å². The van der Waals surface area contributed by atoms with Gasteiger partial charge in [-0.3, -0.25) is 14.9 Å². The van der Waals surface area contributed by atoms with Crippen LogP contribution in [-0.2, 0) is 10.2 Å². The zero-order chi connectivity index (χ0) is 15.7. The molecule has 0 spiro atoms. The van der Waals surface area contributed by atoms with Crippen molar-refractivity contribution in [2.45, 2.75) is 25.2 Å². The van der Waals surface area contributed by atoms with E-state index in [-0.39, 0.29) is 11.6 Å². The van der Waals surface area contributed by atoms with Crippen LogP contribution in [0, 0.1) is 17.0 Å². The highest BCUT2D eigenvalue weighted by Gasteiger charge is 2.51. The highest BCUT2D eigenvalue weighted by Crippen LogP contribution is 2.49. The molecule has 0 aliphatic heterocycles. The van der Waals surface area contributed by atoms with E-state index >= 15 is 0 Å². The first-order valence-electron chi connectivity index (χ1n) is 7.15. The highest BCUT2D eigenvalue weighted by atomic mass is 16.6. The summed E-state index contributed by atoms with van der Waals surface area (Å²) in [5, 5.41) is 13.8. The number of nitrogens with zero attached hydrogens (tertiary/aromatic N) is 1. The van der Waals surface area contributed by atoms with Crippen LogP contribution in [0.4, 0.5) is 11.4 Å². The fourth-order valence-electron chi connectivity index (χ4n) is 2.73. The van der Waals surface area contributed by atoms with E-state index in [9.17, 15) is 14.9 Å². The second-order valence-electron chi connectivity index (χ2n) is 5.61. The zero-order valence-corrected chi connectivity index (χ0v) is 12.2. The number of benzene rings is 2. The second-order valence-corrected chi connectivity index (χ2v) is 5.61. The summed E-state index contributed by atoms with van der Waals surface area (Å²) in [6.45, 7) is 1.65. The maximum Gasteiger partial charge on any atom is 0.274 e. The molecule has 0 atom stereocenters. The fraction of sp³-hybridized carbons (Fsp3) is 0.235. The van der Waals surface area contributed by atoms with Crippen LogP contribution in [0.1, 0.15) is 24.0 Å². The Morgan fingerprint density at radius 3 is 2.41 bits per heavy atom. The molecule has 0 bridgehead atoms. The minimum Gasteiger partial charge on any atom is -0.325 e. The van der Waals surface area contributed by atoms with E-state index in [0.717, 1.165) is 18.4 Å². The Kier molecular flexibility index (Phi) is 3.41. The maximum absolute atomic E-state index is 12.6. The van der Waals surface area contributed by atoms with E-state index in [1.165, 1.54) is 6.07 Å². The minimum atomic E-state index is -0.488. The number of amides is 1. The molecule has 1 aliphatic rings. The lowest BCUT2D eigenvalue weighted by Crippen LogP contribution is -2.28. The number of nitrogens with one attached hydrogen (secondary N) is 1. The van der Waals surface area contributed by atoms with Crippen LogP contribution in [0.2, 0.25) is 0 Å². The second kappa shape index (κ2) is 5.26. The van der Waals surface area contributed by atoms with Gasteiger partial charge in [-0.2, -0.15) is 0 Å². The van der Waals surface area contributed by atoms with Gasteiger partial charge in [-0.05, 0) is 31.4 Å². The van der Waals surface area contributed by atoms with Gasteiger partial charge in [0.05, 0.1) is 21.6 Å². The summed E-state index contributed by atoms with van der Waals surface area (Å²) in [5.41, 5.74) is 1.50. The van der Waals surface area contributed by atoms with Gasteiger partial charge in [0.1, 0.15) is 0 Å². The lowest BCUT2D eigenvalue weighted by atomic mass is 9.95. The van der Waals surface area contributed by atoms with E-state index in [0.29, 0.717) is 11.3 Å². The topological polar surface area (TPSA) is 72.2 Å². The number of nitro groups is 1. The van der Waals surface area contributed by atoms with Gasteiger partial charge in [-0.25, -0.2) is 0 Å². The van der Waals surface area contributed by atoms with Crippen molar-refractivity contribution in [1.29, 1.82) is 0 Å². The van der Waals surface area contributed by atoms with Crippen molar-refractivity contribution in [3.63, 3.8) is 0 Å². The average Bonchev–Trinajstić information content (AvgIpc) is 3.32. The third kappa shape index (κ3) is 2.35. The van der Waals surface area contributed by atoms with Gasteiger partial charge in [0.2, 0.25) is 5.91 Å². The van der Waals surface area contributed by atoms with Gasteiger partial charge in [0.15, 0.2) is 0 Å². The Morgan fingerprint density at radius 2 is 1.82 bits per heavy atom. The van der Waals surface area contributed by atoms with Crippen molar-refractivity contribution >= 4 is 17.3 Å². The third-order valence-electron chi connectivity index (χ3n) is 4.26. The average molecular weight is 296 g/mol. The molecule has 1 aliphatic carbocycles. The third-order valence-corrected chi connectivity index (χ3v) is 4.26. The molecule has 0 radical (unpaired) electrons. The number of anilines is 1. The summed E-state index contributed by atoms with van der Waals surface area (Å²) >= 11 is 0. The van der Waals surface area contributed by atoms with Gasteiger partial charge in [-0.15, -0.1) is 0 Å². The van der Waals surface area contributed by atoms with E-state index in [4.69, 9.17) is 0 Å². The number of hydrogen-bond donors (Lipinski definition) is 1. The summed E-state index contributed by atoms with van der Waals surface area (Å²) in [6, 6.07) is 14.4. The monoisotopic (exact) mass is 296 g/mol. The molecular weight excluding hydrogens is 280 g/mol. The van der Waals surface area contributed by atoms with Gasteiger partial charge >= 0.3 is 0 Å². The van der Waals surface area contributed by atoms with Gasteiger partial charge in [0.25, 0.3) is 5.69 Å². The van der Waals surface area contributed by atoms with E-state index in [1.54, 1.807) is 19.1 Å². The molecule has 1 amide bonds. The van der Waals surface area contributed by atoms with Gasteiger partial charge in [-0.1, -0.05) is 36.4 Å². The van der Waals surface area contributed by atoms with Crippen LogP contribution in [0.25, 0.3) is 0 Å². The SMILES string of the molecule is Cc1c(NC(=O)C2(c3ccccc3)CC2)cccc1[N+](=O)[O-]. The smallest absolute Gasteiger partial charge is 0.274 e. The van der Waals surface area contributed by atoms with Gasteiger partial charge < -0.3 is 5.32 Å². The molecule has 0 saturated heterocycles. The molecule has 0 aromatic heterocycles. The lowest BCUT2D eigenvalue weighted by molar-refractivity contribution is -0.385. The van der Waals surface area contributed by atoms with Crippen LogP contribution in [0.15, 0.2) is 48.5 Å². The Labute approximate surface area is 128 Å². The Balaban J connectivity index is 1.87. The van der Waals surface area contributed by atoms with Crippen molar-refractivity contribution in [1.82, 2.24) is 0 Å². The highest BCUT2D eigenvalue weighted by molar-refractivity contribution is 6.02. The first-order valence-corrected chi connectivity index (χ1v) is 7.15. The number of carbonyl (C=O) groups is 1. The van der Waals surface area contributed by atoms with Crippen molar-refractivity contribution in [3.05, 3.63) is 69.8 Å². The first kappa shape index (κ1) is 14.3. The molecular formula is C17H16N2O3. The van der Waals surface area contributed by atoms with Crippen LogP contribution < -0.4 is 5.32 Å². The summed E-state index contributed by atoms with van der Waals surface area (Å²) in [5.74, 6) is -0.0951. The number of rotatable bonds is 4. The van der Waals surface area contributed by atoms with Crippen molar-refractivity contribution in [2.75, 3.05) is 5.32 Å². The predicted molar refractivity (Wildman–Crippen MR) is 83.8 cm³/mol. The first-order chi connectivity index (χ1) is 10.5. The molecule has 5 heteroatoms. The number of nitro benzene ring substituents is 1. The Morgan fingerprint density at radius 1 is 1.14 bits per heavy atom. The maximum atomic E-state index is 12.6. The van der Waals surface area contributed by atoms with E-state index < -0.39 is 10.3 Å².